The first-order valence-corrected chi connectivity index (χ1v) is 11.0. The van der Waals surface area contributed by atoms with Gasteiger partial charge in [-0.2, -0.15) is 13.2 Å². The number of thioether (sulfide) groups is 1. The highest BCUT2D eigenvalue weighted by atomic mass is 32.2. The Morgan fingerprint density at radius 3 is 2.31 bits per heavy atom. The molecule has 4 aromatic rings. The van der Waals surface area contributed by atoms with Crippen LogP contribution in [0.2, 0.25) is 0 Å². The van der Waals surface area contributed by atoms with Crippen LogP contribution in [0, 0.1) is 0 Å². The third kappa shape index (κ3) is 5.31. The van der Waals surface area contributed by atoms with Crippen molar-refractivity contribution in [2.45, 2.75) is 24.0 Å². The number of fused-ring (bicyclic) bond motifs is 1. The largest absolute Gasteiger partial charge is 0.494 e. The first-order valence-electron chi connectivity index (χ1n) is 9.98. The molecular weight excluding hydrogens is 435 g/mol. The van der Waals surface area contributed by atoms with Gasteiger partial charge in [0.2, 0.25) is 0 Å². The molecule has 4 nitrogen and oxygen atoms in total. The highest BCUT2D eigenvalue weighted by molar-refractivity contribution is 7.98. The maximum Gasteiger partial charge on any atom is 0.416 e. The van der Waals surface area contributed by atoms with Crippen molar-refractivity contribution < 1.29 is 17.9 Å². The Kier molecular flexibility index (Phi) is 6.50. The van der Waals surface area contributed by atoms with Crippen LogP contribution < -0.4 is 10.1 Å². The van der Waals surface area contributed by atoms with Crippen molar-refractivity contribution in [3.8, 4) is 5.75 Å². The average Bonchev–Trinajstić information content (AvgIpc) is 2.79. The molecule has 0 spiro atoms. The zero-order valence-electron chi connectivity index (χ0n) is 17.2. The molecule has 0 aliphatic carbocycles. The lowest BCUT2D eigenvalue weighted by molar-refractivity contribution is -0.137. The quantitative estimate of drug-likeness (QED) is 0.238. The predicted molar refractivity (Wildman–Crippen MR) is 121 cm³/mol. The van der Waals surface area contributed by atoms with E-state index in [1.165, 1.54) is 23.9 Å². The molecule has 0 saturated heterocycles. The molecule has 164 valence electrons. The number of rotatable bonds is 7. The Bertz CT molecular complexity index is 1200. The standard InChI is InChI=1S/C24H20F3N3OS/c1-2-31-19-13-11-18(12-14-19)28-22-20-5-3-4-6-21(20)29-23(30-22)32-15-16-7-9-17(10-8-16)24(25,26)27/h3-14H,2,15H2,1H3,(H,28,29,30). The van der Waals surface area contributed by atoms with Crippen molar-refractivity contribution >= 4 is 34.2 Å². The number of nitrogens with zero attached hydrogens (tertiary/aromatic N) is 2. The van der Waals surface area contributed by atoms with Crippen LogP contribution in [0.15, 0.2) is 78.0 Å². The first-order chi connectivity index (χ1) is 15.4. The minimum absolute atomic E-state index is 0.457. The van der Waals surface area contributed by atoms with Gasteiger partial charge in [0.05, 0.1) is 17.7 Å². The van der Waals surface area contributed by atoms with E-state index in [4.69, 9.17) is 4.74 Å². The minimum Gasteiger partial charge on any atom is -0.494 e. The number of aromatic nitrogens is 2. The first kappa shape index (κ1) is 22.0. The number of hydrogen-bond acceptors (Lipinski definition) is 5. The number of ether oxygens (including phenoxy) is 1. The Morgan fingerprint density at radius 1 is 0.906 bits per heavy atom. The third-order valence-corrected chi connectivity index (χ3v) is 5.58. The summed E-state index contributed by atoms with van der Waals surface area (Å²) in [5.74, 6) is 1.91. The second-order valence-corrected chi connectivity index (χ2v) is 7.88. The van der Waals surface area contributed by atoms with Crippen molar-refractivity contribution in [3.63, 3.8) is 0 Å². The van der Waals surface area contributed by atoms with Crippen molar-refractivity contribution in [1.82, 2.24) is 9.97 Å². The highest BCUT2D eigenvalue weighted by Crippen LogP contribution is 2.31. The second kappa shape index (κ2) is 9.48. The van der Waals surface area contributed by atoms with Crippen LogP contribution in [0.1, 0.15) is 18.1 Å². The summed E-state index contributed by atoms with van der Waals surface area (Å²) in [7, 11) is 0. The summed E-state index contributed by atoms with van der Waals surface area (Å²) >= 11 is 1.37. The molecule has 8 heteroatoms. The lowest BCUT2D eigenvalue weighted by atomic mass is 10.1. The molecule has 0 aliphatic heterocycles. The monoisotopic (exact) mass is 455 g/mol. The summed E-state index contributed by atoms with van der Waals surface area (Å²) in [6, 6.07) is 20.4. The van der Waals surface area contributed by atoms with Gasteiger partial charge in [-0.15, -0.1) is 0 Å². The van der Waals surface area contributed by atoms with Crippen LogP contribution in [0.25, 0.3) is 10.9 Å². The molecule has 0 unspecified atom stereocenters. The Morgan fingerprint density at radius 2 is 1.62 bits per heavy atom. The van der Waals surface area contributed by atoms with E-state index in [0.29, 0.717) is 23.3 Å². The fourth-order valence-corrected chi connectivity index (χ4v) is 3.90. The van der Waals surface area contributed by atoms with Gasteiger partial charge >= 0.3 is 6.18 Å². The number of benzene rings is 3. The molecule has 0 bridgehead atoms. The van der Waals surface area contributed by atoms with Gasteiger partial charge in [0.15, 0.2) is 5.16 Å². The van der Waals surface area contributed by atoms with Gasteiger partial charge < -0.3 is 10.1 Å². The van der Waals surface area contributed by atoms with Gasteiger partial charge in [0, 0.05) is 16.8 Å². The Labute approximate surface area is 187 Å². The lowest BCUT2D eigenvalue weighted by Crippen LogP contribution is -2.04. The van der Waals surface area contributed by atoms with Crippen molar-refractivity contribution in [2.24, 2.45) is 0 Å². The summed E-state index contributed by atoms with van der Waals surface area (Å²) in [5.41, 5.74) is 1.75. The summed E-state index contributed by atoms with van der Waals surface area (Å²) in [5, 5.41) is 4.75. The van der Waals surface area contributed by atoms with E-state index in [2.05, 4.69) is 15.3 Å². The van der Waals surface area contributed by atoms with Crippen LogP contribution in [0.3, 0.4) is 0 Å². The van der Waals surface area contributed by atoms with Crippen LogP contribution in [0.5, 0.6) is 5.75 Å². The third-order valence-electron chi connectivity index (χ3n) is 4.66. The molecule has 0 atom stereocenters. The van der Waals surface area contributed by atoms with E-state index < -0.39 is 11.7 Å². The van der Waals surface area contributed by atoms with E-state index in [1.807, 2.05) is 55.5 Å². The molecule has 3 aromatic carbocycles. The summed E-state index contributed by atoms with van der Waals surface area (Å²) in [6.07, 6.45) is -4.34. The van der Waals surface area contributed by atoms with Crippen molar-refractivity contribution in [1.29, 1.82) is 0 Å². The smallest absolute Gasteiger partial charge is 0.416 e. The number of nitrogens with one attached hydrogen (secondary N) is 1. The van der Waals surface area contributed by atoms with E-state index in [0.717, 1.165) is 40.0 Å². The zero-order valence-corrected chi connectivity index (χ0v) is 18.0. The summed E-state index contributed by atoms with van der Waals surface area (Å²) in [4.78, 5) is 9.26. The number of hydrogen-bond donors (Lipinski definition) is 1. The lowest BCUT2D eigenvalue weighted by Gasteiger charge is -2.12. The number of anilines is 2. The molecule has 0 fully saturated rings. The van der Waals surface area contributed by atoms with E-state index in [-0.39, 0.29) is 0 Å². The Balaban J connectivity index is 1.55. The van der Waals surface area contributed by atoms with Crippen LogP contribution >= 0.6 is 11.8 Å². The number of halogens is 3. The SMILES string of the molecule is CCOc1ccc(Nc2nc(SCc3ccc(C(F)(F)F)cc3)nc3ccccc23)cc1. The molecule has 1 heterocycles. The predicted octanol–water partition coefficient (Wildman–Crippen LogP) is 7.08. The Hall–Kier alpha value is -3.26. The van der Waals surface area contributed by atoms with Gasteiger partial charge in [-0.3, -0.25) is 0 Å². The minimum atomic E-state index is -4.34. The fourth-order valence-electron chi connectivity index (χ4n) is 3.09. The summed E-state index contributed by atoms with van der Waals surface area (Å²) in [6.45, 7) is 2.53. The van der Waals surface area contributed by atoms with Gasteiger partial charge in [-0.05, 0) is 61.0 Å². The van der Waals surface area contributed by atoms with Gasteiger partial charge in [-0.1, -0.05) is 36.0 Å². The van der Waals surface area contributed by atoms with Crippen LogP contribution in [-0.4, -0.2) is 16.6 Å². The molecule has 0 radical (unpaired) electrons. The molecular formula is C24H20F3N3OS. The van der Waals surface area contributed by atoms with E-state index >= 15 is 0 Å². The average molecular weight is 456 g/mol. The molecule has 0 saturated carbocycles. The zero-order chi connectivity index (χ0) is 22.6. The van der Waals surface area contributed by atoms with Gasteiger partial charge in [0.1, 0.15) is 11.6 Å². The van der Waals surface area contributed by atoms with Crippen LogP contribution in [0.4, 0.5) is 24.7 Å². The highest BCUT2D eigenvalue weighted by Gasteiger charge is 2.29. The topological polar surface area (TPSA) is 47.0 Å². The van der Waals surface area contributed by atoms with Gasteiger partial charge in [0.25, 0.3) is 0 Å². The maximum atomic E-state index is 12.8. The van der Waals surface area contributed by atoms with E-state index in [1.54, 1.807) is 0 Å². The van der Waals surface area contributed by atoms with E-state index in [9.17, 15) is 13.2 Å². The van der Waals surface area contributed by atoms with Crippen molar-refractivity contribution in [3.05, 3.63) is 83.9 Å². The number of para-hydroxylation sites is 1. The summed E-state index contributed by atoms with van der Waals surface area (Å²) < 4.78 is 43.8. The number of alkyl halides is 3. The normalized spacial score (nSPS) is 11.5. The van der Waals surface area contributed by atoms with Crippen LogP contribution in [-0.2, 0) is 11.9 Å². The fraction of sp³-hybridized carbons (Fsp3) is 0.167. The van der Waals surface area contributed by atoms with Gasteiger partial charge in [-0.25, -0.2) is 9.97 Å². The molecule has 1 N–H and O–H groups in total. The maximum absolute atomic E-state index is 12.8. The molecule has 32 heavy (non-hydrogen) atoms. The molecule has 1 aromatic heterocycles. The molecule has 4 rings (SSSR count). The molecule has 0 amide bonds. The molecule has 0 aliphatic rings. The second-order valence-electron chi connectivity index (χ2n) is 6.94. The van der Waals surface area contributed by atoms with Crippen molar-refractivity contribution in [2.75, 3.05) is 11.9 Å².